The van der Waals surface area contributed by atoms with Crippen LogP contribution in [0.2, 0.25) is 0 Å². The maximum atomic E-state index is 12.5. The number of ether oxygens (including phenoxy) is 1. The summed E-state index contributed by atoms with van der Waals surface area (Å²) >= 11 is 0. The molecular weight excluding hydrogens is 388 g/mol. The molecule has 5 rings (SSSR count). The first-order valence-corrected chi connectivity index (χ1v) is 11.6. The zero-order valence-electron chi connectivity index (χ0n) is 17.9. The van der Waals surface area contributed by atoms with E-state index >= 15 is 0 Å². The highest BCUT2D eigenvalue weighted by Gasteiger charge is 2.42. The van der Waals surface area contributed by atoms with Crippen molar-refractivity contribution in [3.8, 4) is 6.07 Å². The fourth-order valence-electron chi connectivity index (χ4n) is 5.65. The number of hydrogen-bond donors (Lipinski definition) is 1. The number of piperidine rings is 1. The number of benzene rings is 2. The van der Waals surface area contributed by atoms with E-state index in [-0.39, 0.29) is 12.1 Å². The third-order valence-corrected chi connectivity index (χ3v) is 7.13. The number of nitriles is 1. The minimum Gasteiger partial charge on any atom is -0.462 e. The monoisotopic (exact) mass is 418 g/mol. The van der Waals surface area contributed by atoms with Gasteiger partial charge in [-0.05, 0) is 25.0 Å². The molecule has 3 heterocycles. The summed E-state index contributed by atoms with van der Waals surface area (Å²) in [6, 6.07) is 15.3. The van der Waals surface area contributed by atoms with E-state index in [9.17, 15) is 10.1 Å². The van der Waals surface area contributed by atoms with E-state index in [1.54, 1.807) is 0 Å². The molecule has 0 aliphatic carbocycles. The van der Waals surface area contributed by atoms with Crippen LogP contribution in [0.3, 0.4) is 0 Å². The molecule has 3 aliphatic rings. The van der Waals surface area contributed by atoms with Crippen LogP contribution in [-0.2, 0) is 9.53 Å². The van der Waals surface area contributed by atoms with Crippen molar-refractivity contribution >= 4 is 22.4 Å². The number of nitrogens with one attached hydrogen (secondary N) is 1. The van der Waals surface area contributed by atoms with Gasteiger partial charge >= 0.3 is 5.97 Å². The summed E-state index contributed by atoms with van der Waals surface area (Å²) in [6.45, 7) is 4.81. The summed E-state index contributed by atoms with van der Waals surface area (Å²) in [7, 11) is 0. The zero-order valence-corrected chi connectivity index (χ0v) is 17.9. The van der Waals surface area contributed by atoms with Crippen molar-refractivity contribution in [3.05, 3.63) is 42.0 Å². The highest BCUT2D eigenvalue weighted by molar-refractivity contribution is 5.98. The molecule has 2 bridgehead atoms. The minimum absolute atomic E-state index is 0.0221. The number of carbonyl (C=O) groups excluding carboxylic acids is 1. The number of piperazine rings is 1. The average molecular weight is 419 g/mol. The first kappa shape index (κ1) is 20.3. The maximum Gasteiger partial charge on any atom is 0.307 e. The SMILES string of the molecule is N#Cc1ccc(N2[C@@H]3CC[C@H]2CC(OC(=O)CCN2CCNCC2)C3)c2ccccc12. The van der Waals surface area contributed by atoms with E-state index in [2.05, 4.69) is 33.3 Å². The number of fused-ring (bicyclic) bond motifs is 3. The van der Waals surface area contributed by atoms with Gasteiger partial charge in [-0.25, -0.2) is 0 Å². The molecule has 2 aromatic carbocycles. The van der Waals surface area contributed by atoms with E-state index in [1.165, 1.54) is 5.69 Å². The van der Waals surface area contributed by atoms with Crippen LogP contribution >= 0.6 is 0 Å². The van der Waals surface area contributed by atoms with Crippen molar-refractivity contribution in [1.82, 2.24) is 10.2 Å². The molecule has 0 radical (unpaired) electrons. The van der Waals surface area contributed by atoms with E-state index in [4.69, 9.17) is 4.74 Å². The van der Waals surface area contributed by atoms with E-state index in [0.717, 1.165) is 74.7 Å². The number of anilines is 1. The van der Waals surface area contributed by atoms with Crippen LogP contribution in [0, 0.1) is 11.3 Å². The minimum atomic E-state index is -0.0554. The van der Waals surface area contributed by atoms with Crippen LogP contribution in [0.1, 0.15) is 37.7 Å². The van der Waals surface area contributed by atoms with E-state index in [1.807, 2.05) is 24.3 Å². The van der Waals surface area contributed by atoms with Gasteiger partial charge < -0.3 is 19.9 Å². The lowest BCUT2D eigenvalue weighted by atomic mass is 9.96. The molecule has 3 atom stereocenters. The van der Waals surface area contributed by atoms with Gasteiger partial charge in [-0.2, -0.15) is 5.26 Å². The molecular formula is C25H30N4O2. The Labute approximate surface area is 183 Å². The quantitative estimate of drug-likeness (QED) is 0.753. The normalized spacial score (nSPS) is 26.0. The van der Waals surface area contributed by atoms with Gasteiger partial charge in [0.1, 0.15) is 6.10 Å². The molecule has 1 unspecified atom stereocenters. The van der Waals surface area contributed by atoms with Crippen LogP contribution in [0.5, 0.6) is 0 Å². The van der Waals surface area contributed by atoms with Gasteiger partial charge in [0, 0.05) is 74.1 Å². The van der Waals surface area contributed by atoms with Crippen molar-refractivity contribution in [2.45, 2.75) is 50.3 Å². The van der Waals surface area contributed by atoms with Crippen molar-refractivity contribution in [1.29, 1.82) is 5.26 Å². The van der Waals surface area contributed by atoms with Crippen LogP contribution in [0.4, 0.5) is 5.69 Å². The number of esters is 1. The Balaban J connectivity index is 1.25. The van der Waals surface area contributed by atoms with Crippen molar-refractivity contribution in [2.24, 2.45) is 0 Å². The Morgan fingerprint density at radius 2 is 1.77 bits per heavy atom. The predicted octanol–water partition coefficient (Wildman–Crippen LogP) is 3.05. The predicted molar refractivity (Wildman–Crippen MR) is 121 cm³/mol. The molecule has 0 spiro atoms. The average Bonchev–Trinajstić information content (AvgIpc) is 3.07. The highest BCUT2D eigenvalue weighted by atomic mass is 16.5. The molecule has 2 aromatic rings. The summed E-state index contributed by atoms with van der Waals surface area (Å²) < 4.78 is 5.92. The van der Waals surface area contributed by atoms with Gasteiger partial charge in [0.25, 0.3) is 0 Å². The van der Waals surface area contributed by atoms with Gasteiger partial charge in [-0.15, -0.1) is 0 Å². The molecule has 1 N–H and O–H groups in total. The summed E-state index contributed by atoms with van der Waals surface area (Å²) in [5.74, 6) is -0.0554. The number of hydrogen-bond acceptors (Lipinski definition) is 6. The van der Waals surface area contributed by atoms with Crippen molar-refractivity contribution in [2.75, 3.05) is 37.6 Å². The molecule has 31 heavy (non-hydrogen) atoms. The Kier molecular flexibility index (Phi) is 5.80. The fourth-order valence-corrected chi connectivity index (χ4v) is 5.65. The first-order valence-electron chi connectivity index (χ1n) is 11.6. The fraction of sp³-hybridized carbons (Fsp3) is 0.520. The highest BCUT2D eigenvalue weighted by Crippen LogP contribution is 2.43. The number of carbonyl (C=O) groups is 1. The van der Waals surface area contributed by atoms with Gasteiger partial charge in [-0.3, -0.25) is 4.79 Å². The Morgan fingerprint density at radius 3 is 2.48 bits per heavy atom. The lowest BCUT2D eigenvalue weighted by molar-refractivity contribution is -0.150. The lowest BCUT2D eigenvalue weighted by Gasteiger charge is -2.40. The second-order valence-electron chi connectivity index (χ2n) is 9.01. The Bertz CT molecular complexity index is 981. The summed E-state index contributed by atoms with van der Waals surface area (Å²) in [5.41, 5.74) is 1.94. The third-order valence-electron chi connectivity index (χ3n) is 7.13. The second-order valence-corrected chi connectivity index (χ2v) is 9.01. The molecule has 0 saturated carbocycles. The van der Waals surface area contributed by atoms with Gasteiger partial charge in [-0.1, -0.05) is 24.3 Å². The summed E-state index contributed by atoms with van der Waals surface area (Å²) in [6.07, 6.45) is 4.56. The zero-order chi connectivity index (χ0) is 21.2. The topological polar surface area (TPSA) is 68.6 Å². The van der Waals surface area contributed by atoms with E-state index < -0.39 is 0 Å². The third kappa shape index (κ3) is 4.13. The van der Waals surface area contributed by atoms with Crippen LogP contribution < -0.4 is 10.2 Å². The van der Waals surface area contributed by atoms with Crippen LogP contribution in [-0.4, -0.2) is 61.8 Å². The Morgan fingerprint density at radius 1 is 1.06 bits per heavy atom. The summed E-state index contributed by atoms with van der Waals surface area (Å²) in [5, 5.41) is 15.0. The second kappa shape index (κ2) is 8.86. The smallest absolute Gasteiger partial charge is 0.307 e. The lowest BCUT2D eigenvalue weighted by Crippen LogP contribution is -2.46. The number of rotatable bonds is 5. The van der Waals surface area contributed by atoms with Crippen molar-refractivity contribution in [3.63, 3.8) is 0 Å². The largest absolute Gasteiger partial charge is 0.462 e. The van der Waals surface area contributed by atoms with Crippen molar-refractivity contribution < 1.29 is 9.53 Å². The summed E-state index contributed by atoms with van der Waals surface area (Å²) in [4.78, 5) is 17.3. The molecule has 0 aromatic heterocycles. The first-order chi connectivity index (χ1) is 15.2. The van der Waals surface area contributed by atoms with E-state index in [0.29, 0.717) is 18.5 Å². The van der Waals surface area contributed by atoms with Gasteiger partial charge in [0.15, 0.2) is 0 Å². The molecule has 3 fully saturated rings. The molecule has 6 heteroatoms. The molecule has 162 valence electrons. The van der Waals surface area contributed by atoms with Gasteiger partial charge in [0.2, 0.25) is 0 Å². The molecule has 6 nitrogen and oxygen atoms in total. The van der Waals surface area contributed by atoms with Crippen LogP contribution in [0.25, 0.3) is 10.8 Å². The molecule has 3 saturated heterocycles. The number of nitrogens with zero attached hydrogens (tertiary/aromatic N) is 3. The van der Waals surface area contributed by atoms with Crippen LogP contribution in [0.15, 0.2) is 36.4 Å². The Hall–Kier alpha value is -2.62. The standard InChI is InChI=1S/C25H30N4O2/c26-17-18-5-8-24(23-4-2-1-3-22(18)23)29-19-6-7-20(29)16-21(15-19)31-25(30)9-12-28-13-10-27-11-14-28/h1-5,8,19-21,27H,6-7,9-16H2/t19-,20+,21?. The maximum absolute atomic E-state index is 12.5. The van der Waals surface area contributed by atoms with Gasteiger partial charge in [0.05, 0.1) is 18.1 Å². The molecule has 3 aliphatic heterocycles. The molecule has 0 amide bonds.